The molecule has 0 bridgehead atoms. The third kappa shape index (κ3) is 1.90. The average Bonchev–Trinajstić information content (AvgIpc) is 2.90. The van der Waals surface area contributed by atoms with Gasteiger partial charge in [-0.25, -0.2) is 0 Å². The zero-order chi connectivity index (χ0) is 11.5. The predicted octanol–water partition coefficient (Wildman–Crippen LogP) is 2.35. The van der Waals surface area contributed by atoms with E-state index >= 15 is 0 Å². The molecule has 2 aromatic rings. The highest BCUT2D eigenvalue weighted by Gasteiger charge is 2.18. The number of hydrogen-bond donors (Lipinski definition) is 1. The zero-order valence-electron chi connectivity index (χ0n) is 9.90. The molecule has 0 spiro atoms. The van der Waals surface area contributed by atoms with Crippen LogP contribution in [0.15, 0.2) is 23.7 Å². The zero-order valence-corrected chi connectivity index (χ0v) is 10.7. The van der Waals surface area contributed by atoms with Crippen molar-refractivity contribution in [3.63, 3.8) is 0 Å². The van der Waals surface area contributed by atoms with E-state index in [1.54, 1.807) is 0 Å². The van der Waals surface area contributed by atoms with E-state index in [1.165, 1.54) is 16.1 Å². The number of nitrogens with zero attached hydrogens (tertiary/aromatic N) is 2. The minimum Gasteiger partial charge on any atom is -0.307 e. The molecule has 1 N–H and O–H groups in total. The van der Waals surface area contributed by atoms with Crippen LogP contribution in [0.4, 0.5) is 0 Å². The van der Waals surface area contributed by atoms with Gasteiger partial charge in [0.2, 0.25) is 0 Å². The summed E-state index contributed by atoms with van der Waals surface area (Å²) in [7, 11) is 3.98. The first-order valence-corrected chi connectivity index (χ1v) is 6.37. The van der Waals surface area contributed by atoms with Crippen molar-refractivity contribution in [1.82, 2.24) is 15.1 Å². The summed E-state index contributed by atoms with van der Waals surface area (Å²) in [5.74, 6) is 0. The van der Waals surface area contributed by atoms with Crippen molar-refractivity contribution in [3.8, 4) is 0 Å². The summed E-state index contributed by atoms with van der Waals surface area (Å²) in [5.41, 5.74) is 2.63. The van der Waals surface area contributed by atoms with Crippen molar-refractivity contribution in [2.45, 2.75) is 19.4 Å². The Kier molecular flexibility index (Phi) is 3.41. The van der Waals surface area contributed by atoms with Crippen molar-refractivity contribution in [2.75, 3.05) is 7.05 Å². The highest BCUT2D eigenvalue weighted by atomic mass is 32.1. The largest absolute Gasteiger partial charge is 0.307 e. The second-order valence-electron chi connectivity index (χ2n) is 3.77. The van der Waals surface area contributed by atoms with Crippen molar-refractivity contribution in [2.24, 2.45) is 7.05 Å². The van der Waals surface area contributed by atoms with E-state index < -0.39 is 0 Å². The van der Waals surface area contributed by atoms with Gasteiger partial charge in [0.05, 0.1) is 11.7 Å². The minimum absolute atomic E-state index is 0.252. The van der Waals surface area contributed by atoms with Crippen LogP contribution in [0.25, 0.3) is 0 Å². The quantitative estimate of drug-likeness (QED) is 0.881. The summed E-state index contributed by atoms with van der Waals surface area (Å²) in [5, 5.41) is 9.77. The lowest BCUT2D eigenvalue weighted by Gasteiger charge is -2.16. The fourth-order valence-electron chi connectivity index (χ4n) is 1.97. The highest BCUT2D eigenvalue weighted by molar-refractivity contribution is 7.10. The Labute approximate surface area is 100 Å². The van der Waals surface area contributed by atoms with Gasteiger partial charge in [0, 0.05) is 18.1 Å². The maximum atomic E-state index is 4.23. The molecule has 2 aromatic heterocycles. The van der Waals surface area contributed by atoms with Crippen LogP contribution in [0.2, 0.25) is 0 Å². The van der Waals surface area contributed by atoms with E-state index in [4.69, 9.17) is 0 Å². The van der Waals surface area contributed by atoms with Crippen LogP contribution < -0.4 is 5.32 Å². The standard InChI is InChI=1S/C12H17N3S/c1-4-9-6-8-16-12(9)11(13-2)10-5-7-14-15(10)3/h5-8,11,13H,4H2,1-3H3. The van der Waals surface area contributed by atoms with Crippen LogP contribution >= 0.6 is 11.3 Å². The molecule has 0 aliphatic heterocycles. The van der Waals surface area contributed by atoms with Crippen molar-refractivity contribution in [3.05, 3.63) is 39.8 Å². The molecule has 0 aromatic carbocycles. The van der Waals surface area contributed by atoms with Crippen LogP contribution in [0.5, 0.6) is 0 Å². The van der Waals surface area contributed by atoms with Crippen molar-refractivity contribution >= 4 is 11.3 Å². The number of aromatic nitrogens is 2. The molecule has 4 heteroatoms. The molecule has 2 rings (SSSR count). The van der Waals surface area contributed by atoms with Gasteiger partial charge in [0.25, 0.3) is 0 Å². The van der Waals surface area contributed by atoms with Crippen LogP contribution in [0.1, 0.15) is 29.1 Å². The topological polar surface area (TPSA) is 29.9 Å². The molecule has 3 nitrogen and oxygen atoms in total. The molecule has 0 fully saturated rings. The third-order valence-electron chi connectivity index (χ3n) is 2.87. The fourth-order valence-corrected chi connectivity index (χ4v) is 3.09. The normalized spacial score (nSPS) is 12.9. The van der Waals surface area contributed by atoms with Crippen LogP contribution in [-0.4, -0.2) is 16.8 Å². The third-order valence-corrected chi connectivity index (χ3v) is 3.89. The van der Waals surface area contributed by atoms with Gasteiger partial charge in [-0.1, -0.05) is 6.92 Å². The van der Waals surface area contributed by atoms with E-state index in [2.05, 4.69) is 34.9 Å². The summed E-state index contributed by atoms with van der Waals surface area (Å²) in [6.45, 7) is 2.20. The first-order chi connectivity index (χ1) is 7.77. The molecule has 0 aliphatic carbocycles. The number of thiophene rings is 1. The average molecular weight is 235 g/mol. The van der Waals surface area contributed by atoms with E-state index in [1.807, 2.05) is 36.3 Å². The molecule has 86 valence electrons. The molecule has 1 unspecified atom stereocenters. The molecular formula is C12H17N3S. The molecule has 0 saturated carbocycles. The lowest BCUT2D eigenvalue weighted by atomic mass is 10.1. The summed E-state index contributed by atoms with van der Waals surface area (Å²) in [4.78, 5) is 1.40. The molecule has 16 heavy (non-hydrogen) atoms. The Morgan fingerprint density at radius 2 is 2.31 bits per heavy atom. The van der Waals surface area contributed by atoms with Gasteiger partial charge in [-0.15, -0.1) is 11.3 Å². The number of aryl methyl sites for hydroxylation is 2. The summed E-state index contributed by atoms with van der Waals surface area (Å²) >= 11 is 1.81. The van der Waals surface area contributed by atoms with Gasteiger partial charge in [0.15, 0.2) is 0 Å². The predicted molar refractivity (Wildman–Crippen MR) is 67.8 cm³/mol. The van der Waals surface area contributed by atoms with Gasteiger partial charge < -0.3 is 5.32 Å². The lowest BCUT2D eigenvalue weighted by Crippen LogP contribution is -2.20. The minimum atomic E-state index is 0.252. The van der Waals surface area contributed by atoms with E-state index in [0.29, 0.717) is 0 Å². The Hall–Kier alpha value is -1.13. The van der Waals surface area contributed by atoms with E-state index in [-0.39, 0.29) is 6.04 Å². The Bertz CT molecular complexity index is 458. The first-order valence-electron chi connectivity index (χ1n) is 5.49. The van der Waals surface area contributed by atoms with Gasteiger partial charge in [-0.05, 0) is 36.5 Å². The number of nitrogens with one attached hydrogen (secondary N) is 1. The second-order valence-corrected chi connectivity index (χ2v) is 4.71. The maximum Gasteiger partial charge on any atom is 0.0842 e. The van der Waals surface area contributed by atoms with E-state index in [9.17, 15) is 0 Å². The molecule has 1 atom stereocenters. The highest BCUT2D eigenvalue weighted by Crippen LogP contribution is 2.29. The SMILES string of the molecule is CCc1ccsc1C(NC)c1ccnn1C. The van der Waals surface area contributed by atoms with Crippen LogP contribution in [-0.2, 0) is 13.5 Å². The molecule has 2 heterocycles. The fraction of sp³-hybridized carbons (Fsp3) is 0.417. The summed E-state index contributed by atoms with van der Waals surface area (Å²) in [6.07, 6.45) is 2.92. The second kappa shape index (κ2) is 4.80. The van der Waals surface area contributed by atoms with Crippen LogP contribution in [0, 0.1) is 0 Å². The molecule has 0 amide bonds. The van der Waals surface area contributed by atoms with Gasteiger partial charge in [-0.3, -0.25) is 4.68 Å². The van der Waals surface area contributed by atoms with Gasteiger partial charge in [-0.2, -0.15) is 5.10 Å². The van der Waals surface area contributed by atoms with Crippen molar-refractivity contribution in [1.29, 1.82) is 0 Å². The molecular weight excluding hydrogens is 218 g/mol. The van der Waals surface area contributed by atoms with Gasteiger partial charge >= 0.3 is 0 Å². The van der Waals surface area contributed by atoms with Crippen molar-refractivity contribution < 1.29 is 0 Å². The maximum absolute atomic E-state index is 4.23. The Morgan fingerprint density at radius 1 is 1.50 bits per heavy atom. The van der Waals surface area contributed by atoms with Crippen LogP contribution in [0.3, 0.4) is 0 Å². The molecule has 0 aliphatic rings. The number of hydrogen-bond acceptors (Lipinski definition) is 3. The lowest BCUT2D eigenvalue weighted by molar-refractivity contribution is 0.610. The monoisotopic (exact) mass is 235 g/mol. The first kappa shape index (κ1) is 11.4. The Balaban J connectivity index is 2.40. The smallest absolute Gasteiger partial charge is 0.0842 e. The summed E-state index contributed by atoms with van der Waals surface area (Å²) < 4.78 is 1.93. The molecule has 0 radical (unpaired) electrons. The van der Waals surface area contributed by atoms with Gasteiger partial charge in [0.1, 0.15) is 0 Å². The number of rotatable bonds is 4. The van der Waals surface area contributed by atoms with E-state index in [0.717, 1.165) is 6.42 Å². The summed E-state index contributed by atoms with van der Waals surface area (Å²) in [6, 6.07) is 4.53. The Morgan fingerprint density at radius 3 is 2.88 bits per heavy atom. The molecule has 0 saturated heterocycles.